The van der Waals surface area contributed by atoms with Crippen LogP contribution in [-0.4, -0.2) is 36.3 Å². The Kier molecular flexibility index (Phi) is 7.18. The molecule has 0 unspecified atom stereocenters. The van der Waals surface area contributed by atoms with Gasteiger partial charge >= 0.3 is 0 Å². The number of halogens is 2. The fraction of sp³-hybridized carbons (Fsp3) is 0.529. The van der Waals surface area contributed by atoms with E-state index in [-0.39, 0.29) is 18.2 Å². The second-order valence-electron chi connectivity index (χ2n) is 5.81. The highest BCUT2D eigenvalue weighted by Crippen LogP contribution is 2.21. The predicted octanol–water partition coefficient (Wildman–Crippen LogP) is 3.44. The number of carbonyl (C=O) groups excluding carboxylic acids is 2. The number of hydrogen-bond donors (Lipinski definition) is 1. The predicted molar refractivity (Wildman–Crippen MR) is 92.8 cm³/mol. The molecule has 0 bridgehead atoms. The Hall–Kier alpha value is -1.26. The minimum Gasteiger partial charge on any atom is -0.355 e. The van der Waals surface area contributed by atoms with Crippen LogP contribution in [0.5, 0.6) is 0 Å². The van der Waals surface area contributed by atoms with Crippen molar-refractivity contribution in [2.45, 2.75) is 38.5 Å². The van der Waals surface area contributed by atoms with Crippen LogP contribution in [0.15, 0.2) is 18.2 Å². The van der Waals surface area contributed by atoms with E-state index in [4.69, 9.17) is 23.2 Å². The summed E-state index contributed by atoms with van der Waals surface area (Å²) in [6, 6.07) is 5.30. The highest BCUT2D eigenvalue weighted by atomic mass is 35.5. The summed E-state index contributed by atoms with van der Waals surface area (Å²) in [5.74, 6) is -0.307. The van der Waals surface area contributed by atoms with Gasteiger partial charge in [0.2, 0.25) is 11.8 Å². The van der Waals surface area contributed by atoms with Gasteiger partial charge < -0.3 is 10.2 Å². The van der Waals surface area contributed by atoms with E-state index >= 15 is 0 Å². The van der Waals surface area contributed by atoms with Crippen molar-refractivity contribution in [2.24, 2.45) is 0 Å². The van der Waals surface area contributed by atoms with Gasteiger partial charge in [-0.05, 0) is 37.0 Å². The summed E-state index contributed by atoms with van der Waals surface area (Å²) >= 11 is 11.9. The van der Waals surface area contributed by atoms with Crippen molar-refractivity contribution in [3.63, 3.8) is 0 Å². The largest absolute Gasteiger partial charge is 0.355 e. The molecular weight excluding hydrogens is 335 g/mol. The average Bonchev–Trinajstić information content (AvgIpc) is 2.78. The molecule has 1 aromatic carbocycles. The summed E-state index contributed by atoms with van der Waals surface area (Å²) in [5.41, 5.74) is 0.926. The normalized spacial score (nSPS) is 15.1. The van der Waals surface area contributed by atoms with E-state index in [2.05, 4.69) is 5.32 Å². The summed E-state index contributed by atoms with van der Waals surface area (Å²) in [5, 5.41) is 3.96. The van der Waals surface area contributed by atoms with Gasteiger partial charge in [0.1, 0.15) is 6.42 Å². The third-order valence-corrected chi connectivity index (χ3v) is 4.59. The molecule has 0 saturated carbocycles. The highest BCUT2D eigenvalue weighted by molar-refractivity contribution is 6.35. The van der Waals surface area contributed by atoms with Gasteiger partial charge in [-0.2, -0.15) is 0 Å². The number of nitrogens with zero attached hydrogens (tertiary/aromatic N) is 1. The molecular formula is C17H22Cl2N2O2. The minimum atomic E-state index is -0.232. The molecule has 1 heterocycles. The first-order valence-electron chi connectivity index (χ1n) is 8.04. The summed E-state index contributed by atoms with van der Waals surface area (Å²) < 4.78 is 0. The van der Waals surface area contributed by atoms with E-state index in [0.29, 0.717) is 23.0 Å². The Morgan fingerprint density at radius 1 is 1.09 bits per heavy atom. The quantitative estimate of drug-likeness (QED) is 0.821. The molecule has 2 amide bonds. The minimum absolute atomic E-state index is 0.0750. The molecule has 4 nitrogen and oxygen atoms in total. The van der Waals surface area contributed by atoms with Crippen LogP contribution in [0.2, 0.25) is 10.0 Å². The molecule has 0 spiro atoms. The first kappa shape index (κ1) is 18.1. The molecule has 1 aromatic rings. The molecule has 23 heavy (non-hydrogen) atoms. The van der Waals surface area contributed by atoms with E-state index in [1.165, 1.54) is 0 Å². The summed E-state index contributed by atoms with van der Waals surface area (Å²) in [4.78, 5) is 25.8. The molecule has 2 rings (SSSR count). The van der Waals surface area contributed by atoms with E-state index in [1.807, 2.05) is 11.0 Å². The maximum absolute atomic E-state index is 12.1. The van der Waals surface area contributed by atoms with Crippen molar-refractivity contribution in [1.82, 2.24) is 10.2 Å². The van der Waals surface area contributed by atoms with Crippen molar-refractivity contribution >= 4 is 35.0 Å². The lowest BCUT2D eigenvalue weighted by atomic mass is 10.1. The zero-order valence-corrected chi connectivity index (χ0v) is 14.6. The van der Waals surface area contributed by atoms with Crippen LogP contribution in [0.4, 0.5) is 0 Å². The molecule has 0 radical (unpaired) electrons. The van der Waals surface area contributed by atoms with Crippen LogP contribution in [0.1, 0.15) is 37.7 Å². The van der Waals surface area contributed by atoms with Gasteiger partial charge in [0.15, 0.2) is 0 Å². The Bertz CT molecular complexity index is 556. The second kappa shape index (κ2) is 9.14. The van der Waals surface area contributed by atoms with Crippen LogP contribution in [0, 0.1) is 0 Å². The Labute approximate surface area is 147 Å². The third-order valence-electron chi connectivity index (χ3n) is 4.00. The molecule has 6 heteroatoms. The maximum atomic E-state index is 12.1. The van der Waals surface area contributed by atoms with Crippen LogP contribution in [0.25, 0.3) is 0 Å². The highest BCUT2D eigenvalue weighted by Gasteiger charge is 2.18. The molecule has 126 valence electrons. The Morgan fingerprint density at radius 3 is 2.43 bits per heavy atom. The van der Waals surface area contributed by atoms with Crippen LogP contribution in [0.3, 0.4) is 0 Å². The Balaban J connectivity index is 1.73. The van der Waals surface area contributed by atoms with E-state index in [1.54, 1.807) is 12.1 Å². The lowest BCUT2D eigenvalue weighted by Crippen LogP contribution is -2.36. The second-order valence-corrected chi connectivity index (χ2v) is 6.65. The number of carbonyl (C=O) groups is 2. The number of benzene rings is 1. The van der Waals surface area contributed by atoms with Gasteiger partial charge in [-0.3, -0.25) is 9.59 Å². The summed E-state index contributed by atoms with van der Waals surface area (Å²) in [6.45, 7) is 1.99. The molecule has 0 atom stereocenters. The number of hydrogen-bond acceptors (Lipinski definition) is 2. The molecule has 0 aliphatic carbocycles. The van der Waals surface area contributed by atoms with E-state index in [9.17, 15) is 9.59 Å². The van der Waals surface area contributed by atoms with Gasteiger partial charge in [-0.25, -0.2) is 0 Å². The maximum Gasteiger partial charge on any atom is 0.232 e. The van der Waals surface area contributed by atoms with Gasteiger partial charge in [-0.1, -0.05) is 42.1 Å². The number of rotatable bonds is 5. The molecule has 1 fully saturated rings. The van der Waals surface area contributed by atoms with Crippen LogP contribution >= 0.6 is 23.2 Å². The molecule has 1 saturated heterocycles. The van der Waals surface area contributed by atoms with Crippen molar-refractivity contribution in [3.8, 4) is 0 Å². The fourth-order valence-corrected chi connectivity index (χ4v) is 3.20. The van der Waals surface area contributed by atoms with Gasteiger partial charge in [0.05, 0.1) is 0 Å². The monoisotopic (exact) mass is 356 g/mol. The van der Waals surface area contributed by atoms with Gasteiger partial charge in [-0.15, -0.1) is 0 Å². The zero-order chi connectivity index (χ0) is 16.7. The van der Waals surface area contributed by atoms with Crippen LogP contribution < -0.4 is 5.32 Å². The number of likely N-dealkylation sites (tertiary alicyclic amines) is 1. The van der Waals surface area contributed by atoms with Crippen molar-refractivity contribution in [2.75, 3.05) is 19.6 Å². The topological polar surface area (TPSA) is 49.4 Å². The lowest BCUT2D eigenvalue weighted by molar-refractivity contribution is -0.136. The van der Waals surface area contributed by atoms with Crippen molar-refractivity contribution in [1.29, 1.82) is 0 Å². The van der Waals surface area contributed by atoms with Crippen molar-refractivity contribution in [3.05, 3.63) is 33.8 Å². The third kappa shape index (κ3) is 6.04. The lowest BCUT2D eigenvalue weighted by Gasteiger charge is -2.19. The molecule has 1 aliphatic rings. The van der Waals surface area contributed by atoms with E-state index < -0.39 is 0 Å². The van der Waals surface area contributed by atoms with Gasteiger partial charge in [0.25, 0.3) is 0 Å². The SMILES string of the molecule is O=C(CC(=O)N1CCCCCC1)NCCc1ccc(Cl)cc1Cl. The number of amides is 2. The Morgan fingerprint density at radius 2 is 1.78 bits per heavy atom. The number of nitrogens with one attached hydrogen (secondary N) is 1. The first-order chi connectivity index (χ1) is 11.1. The zero-order valence-electron chi connectivity index (χ0n) is 13.1. The van der Waals surface area contributed by atoms with Gasteiger partial charge in [0, 0.05) is 29.7 Å². The average molecular weight is 357 g/mol. The summed E-state index contributed by atoms with van der Waals surface area (Å²) in [7, 11) is 0. The fourth-order valence-electron chi connectivity index (χ4n) is 2.69. The van der Waals surface area contributed by atoms with Crippen LogP contribution in [-0.2, 0) is 16.0 Å². The molecule has 1 aliphatic heterocycles. The van der Waals surface area contributed by atoms with Crippen molar-refractivity contribution < 1.29 is 9.59 Å². The molecule has 1 N–H and O–H groups in total. The smallest absolute Gasteiger partial charge is 0.232 e. The van der Waals surface area contributed by atoms with E-state index in [0.717, 1.165) is 44.3 Å². The molecule has 0 aromatic heterocycles. The summed E-state index contributed by atoms with van der Waals surface area (Å²) in [6.07, 6.45) is 4.93. The standard InChI is InChI=1S/C17H22Cl2N2O2/c18-14-6-5-13(15(19)11-14)7-8-20-16(22)12-17(23)21-9-3-1-2-4-10-21/h5-6,11H,1-4,7-10,12H2,(H,20,22). The first-order valence-corrected chi connectivity index (χ1v) is 8.80.